The van der Waals surface area contributed by atoms with Crippen LogP contribution in [0.5, 0.6) is 0 Å². The second-order valence-electron chi connectivity index (χ2n) is 3.44. The van der Waals surface area contributed by atoms with Crippen molar-refractivity contribution < 1.29 is 8.42 Å². The summed E-state index contributed by atoms with van der Waals surface area (Å²) in [5, 5.41) is 0. The summed E-state index contributed by atoms with van der Waals surface area (Å²) in [7, 11) is -3.06. The van der Waals surface area contributed by atoms with E-state index in [9.17, 15) is 8.42 Å². The Kier molecular flexibility index (Phi) is 3.26. The fourth-order valence-electron chi connectivity index (χ4n) is 1.70. The van der Waals surface area contributed by atoms with Crippen LogP contribution in [-0.4, -0.2) is 30.4 Å². The molecule has 0 radical (unpaired) electrons. The zero-order chi connectivity index (χ0) is 10.2. The number of halogens is 1. The van der Waals surface area contributed by atoms with E-state index in [2.05, 4.69) is 15.9 Å². The minimum absolute atomic E-state index is 0.296. The molecule has 2 aliphatic heterocycles. The number of allylic oxidation sites excluding steroid dienone is 1. The number of rotatable bonds is 2. The van der Waals surface area contributed by atoms with Crippen LogP contribution >= 0.6 is 27.7 Å². The second-order valence-corrected chi connectivity index (χ2v) is 8.48. The number of thioether (sulfide) groups is 1. The van der Waals surface area contributed by atoms with Crippen LogP contribution in [0.2, 0.25) is 0 Å². The Labute approximate surface area is 97.1 Å². The highest BCUT2D eigenvalue weighted by molar-refractivity contribution is 9.14. The largest absolute Gasteiger partial charge is 0.227 e. The first-order valence-corrected chi connectivity index (χ1v) is 7.79. The van der Waals surface area contributed by atoms with E-state index in [1.165, 1.54) is 11.8 Å². The fourth-order valence-corrected chi connectivity index (χ4v) is 6.17. The molecule has 2 rings (SSSR count). The lowest BCUT2D eigenvalue weighted by molar-refractivity contribution is 0.475. The van der Waals surface area contributed by atoms with Gasteiger partial charge in [-0.2, -0.15) is 0 Å². The van der Waals surface area contributed by atoms with Crippen molar-refractivity contribution in [2.24, 2.45) is 0 Å². The fraction of sp³-hybridized carbons (Fsp3) is 0.750. The van der Waals surface area contributed by atoms with Crippen molar-refractivity contribution in [1.82, 2.24) is 4.31 Å². The van der Waals surface area contributed by atoms with E-state index in [0.717, 1.165) is 16.7 Å². The minimum atomic E-state index is -3.06. The van der Waals surface area contributed by atoms with Gasteiger partial charge in [0.2, 0.25) is 10.0 Å². The van der Waals surface area contributed by atoms with Gasteiger partial charge in [-0.25, -0.2) is 12.7 Å². The molecule has 2 aliphatic rings. The molecule has 1 atom stereocenters. The molecule has 0 N–H and O–H groups in total. The second kappa shape index (κ2) is 4.15. The molecule has 0 aromatic rings. The van der Waals surface area contributed by atoms with Gasteiger partial charge in [0.1, 0.15) is 4.58 Å². The van der Waals surface area contributed by atoms with Crippen LogP contribution in [0.4, 0.5) is 0 Å². The Bertz CT molecular complexity index is 346. The van der Waals surface area contributed by atoms with Crippen molar-refractivity contribution in [3.05, 3.63) is 9.89 Å². The third kappa shape index (κ3) is 2.03. The highest BCUT2D eigenvalue weighted by Gasteiger charge is 2.36. The maximum Gasteiger partial charge on any atom is 0.227 e. The quantitative estimate of drug-likeness (QED) is 0.783. The molecule has 1 fully saturated rings. The molecular weight excluding hydrogens is 286 g/mol. The smallest absolute Gasteiger partial charge is 0.211 e. The molecule has 0 spiro atoms. The van der Waals surface area contributed by atoms with Gasteiger partial charge in [-0.1, -0.05) is 17.8 Å². The molecule has 0 aromatic carbocycles. The summed E-state index contributed by atoms with van der Waals surface area (Å²) >= 11 is 4.73. The third-order valence-electron chi connectivity index (χ3n) is 2.47. The normalized spacial score (nSPS) is 29.5. The van der Waals surface area contributed by atoms with Gasteiger partial charge in [-0.15, -0.1) is 0 Å². The molecule has 3 nitrogen and oxygen atoms in total. The third-order valence-corrected chi connectivity index (χ3v) is 7.16. The number of sulfonamides is 1. The molecule has 2 heterocycles. The van der Waals surface area contributed by atoms with Gasteiger partial charge < -0.3 is 0 Å². The molecule has 6 heteroatoms. The Morgan fingerprint density at radius 2 is 2.07 bits per heavy atom. The van der Waals surface area contributed by atoms with Crippen LogP contribution in [0.1, 0.15) is 19.3 Å². The van der Waals surface area contributed by atoms with Gasteiger partial charge in [0, 0.05) is 16.9 Å². The lowest BCUT2D eigenvalue weighted by Crippen LogP contribution is -2.34. The molecule has 1 unspecified atom stereocenters. The Hall–Kier alpha value is 0.480. The summed E-state index contributed by atoms with van der Waals surface area (Å²) in [5.74, 6) is 0. The summed E-state index contributed by atoms with van der Waals surface area (Å²) in [6.07, 6.45) is 4.57. The highest BCUT2D eigenvalue weighted by atomic mass is 79.9. The minimum Gasteiger partial charge on any atom is -0.211 e. The van der Waals surface area contributed by atoms with Crippen molar-refractivity contribution in [1.29, 1.82) is 0 Å². The number of nitrogens with zero attached hydrogens (tertiary/aromatic N) is 1. The first-order valence-electron chi connectivity index (χ1n) is 4.62. The highest BCUT2D eigenvalue weighted by Crippen LogP contribution is 2.40. The first-order chi connectivity index (χ1) is 6.60. The van der Waals surface area contributed by atoms with Gasteiger partial charge in [-0.3, -0.25) is 0 Å². The van der Waals surface area contributed by atoms with Crippen molar-refractivity contribution in [3.63, 3.8) is 0 Å². The molecule has 0 amide bonds. The number of hydrogen-bond donors (Lipinski definition) is 0. The summed E-state index contributed by atoms with van der Waals surface area (Å²) in [4.78, 5) is 0. The molecule has 1 saturated heterocycles. The maximum atomic E-state index is 12.0. The molecule has 80 valence electrons. The Morgan fingerprint density at radius 1 is 1.43 bits per heavy atom. The Morgan fingerprint density at radius 3 is 2.57 bits per heavy atom. The molecule has 0 aliphatic carbocycles. The molecule has 0 aromatic heterocycles. The predicted octanol–water partition coefficient (Wildman–Crippen LogP) is 2.11. The monoisotopic (exact) mass is 297 g/mol. The Balaban J connectivity index is 2.09. The van der Waals surface area contributed by atoms with Gasteiger partial charge in [-0.05, 0) is 35.2 Å². The van der Waals surface area contributed by atoms with Crippen molar-refractivity contribution in [3.8, 4) is 0 Å². The van der Waals surface area contributed by atoms with Gasteiger partial charge in [0.25, 0.3) is 0 Å². The average molecular weight is 298 g/mol. The van der Waals surface area contributed by atoms with Crippen LogP contribution in [0, 0.1) is 0 Å². The lowest BCUT2D eigenvalue weighted by Gasteiger charge is -2.19. The standard InChI is InChI=1S/C8H12BrNO2S2/c9-7-3-4-8(13-7)14(11,12)10-5-1-2-6-10/h3,8H,1-2,4-6H2. The maximum absolute atomic E-state index is 12.0. The van der Waals surface area contributed by atoms with E-state index in [-0.39, 0.29) is 4.58 Å². The van der Waals surface area contributed by atoms with Crippen LogP contribution in [-0.2, 0) is 10.0 Å². The van der Waals surface area contributed by atoms with E-state index in [0.29, 0.717) is 19.5 Å². The van der Waals surface area contributed by atoms with Crippen molar-refractivity contribution >= 4 is 37.7 Å². The van der Waals surface area contributed by atoms with Crippen molar-refractivity contribution in [2.45, 2.75) is 23.8 Å². The predicted molar refractivity (Wildman–Crippen MR) is 62.7 cm³/mol. The van der Waals surface area contributed by atoms with E-state index in [4.69, 9.17) is 0 Å². The van der Waals surface area contributed by atoms with E-state index in [1.54, 1.807) is 4.31 Å². The van der Waals surface area contributed by atoms with E-state index in [1.807, 2.05) is 6.08 Å². The zero-order valence-electron chi connectivity index (χ0n) is 7.65. The van der Waals surface area contributed by atoms with Crippen LogP contribution in [0.15, 0.2) is 9.89 Å². The van der Waals surface area contributed by atoms with Crippen LogP contribution < -0.4 is 0 Å². The summed E-state index contributed by atoms with van der Waals surface area (Å²) in [6, 6.07) is 0. The van der Waals surface area contributed by atoms with Crippen molar-refractivity contribution in [2.75, 3.05) is 13.1 Å². The first kappa shape index (κ1) is 11.0. The molecule has 0 bridgehead atoms. The van der Waals surface area contributed by atoms with E-state index < -0.39 is 10.0 Å². The average Bonchev–Trinajstić information content (AvgIpc) is 2.72. The summed E-state index contributed by atoms with van der Waals surface area (Å²) in [6.45, 7) is 1.41. The molecule has 14 heavy (non-hydrogen) atoms. The summed E-state index contributed by atoms with van der Waals surface area (Å²) < 4.78 is 26.3. The van der Waals surface area contributed by atoms with Gasteiger partial charge in [0.15, 0.2) is 0 Å². The van der Waals surface area contributed by atoms with Crippen LogP contribution in [0.3, 0.4) is 0 Å². The molecular formula is C8H12BrNO2S2. The van der Waals surface area contributed by atoms with Gasteiger partial charge in [0.05, 0.1) is 0 Å². The number of hydrogen-bond acceptors (Lipinski definition) is 3. The SMILES string of the molecule is O=S(=O)(C1CC=C(Br)S1)N1CCCC1. The summed E-state index contributed by atoms with van der Waals surface area (Å²) in [5.41, 5.74) is 0. The molecule has 0 saturated carbocycles. The van der Waals surface area contributed by atoms with Gasteiger partial charge >= 0.3 is 0 Å². The zero-order valence-corrected chi connectivity index (χ0v) is 10.9. The van der Waals surface area contributed by atoms with E-state index >= 15 is 0 Å². The lowest BCUT2D eigenvalue weighted by atomic mass is 10.4. The van der Waals surface area contributed by atoms with Crippen LogP contribution in [0.25, 0.3) is 0 Å². The topological polar surface area (TPSA) is 37.4 Å².